The predicted molar refractivity (Wildman–Crippen MR) is 104 cm³/mol. The van der Waals surface area contributed by atoms with E-state index in [1.54, 1.807) is 11.1 Å². The van der Waals surface area contributed by atoms with Gasteiger partial charge in [0, 0.05) is 11.5 Å². The Balaban J connectivity index is 1.36. The van der Waals surface area contributed by atoms with Gasteiger partial charge in [0.1, 0.15) is 0 Å². The molecule has 0 amide bonds. The lowest BCUT2D eigenvalue weighted by atomic mass is 9.51. The minimum Gasteiger partial charge on any atom is -0.313 e. The molecule has 2 aromatic rings. The molecule has 5 rings (SSSR count). The molecule has 0 spiro atoms. The normalized spacial score (nSPS) is 33.4. The summed E-state index contributed by atoms with van der Waals surface area (Å²) in [6.45, 7) is 1.21. The van der Waals surface area contributed by atoms with Crippen molar-refractivity contribution in [2.75, 3.05) is 6.54 Å². The lowest BCUT2D eigenvalue weighted by molar-refractivity contribution is 0.0502. The molecule has 1 saturated heterocycles. The molecule has 1 saturated carbocycles. The highest BCUT2D eigenvalue weighted by Crippen LogP contribution is 2.55. The van der Waals surface area contributed by atoms with E-state index < -0.39 is 0 Å². The smallest absolute Gasteiger partial charge is 0.0144 e. The van der Waals surface area contributed by atoms with Crippen molar-refractivity contribution < 1.29 is 0 Å². The topological polar surface area (TPSA) is 12.0 Å². The third-order valence-electron chi connectivity index (χ3n) is 7.44. The number of hydrogen-bond donors (Lipinski definition) is 1. The molecule has 25 heavy (non-hydrogen) atoms. The monoisotopic (exact) mass is 331 g/mol. The molecule has 2 fully saturated rings. The Bertz CT molecular complexity index is 737. The lowest BCUT2D eigenvalue weighted by Gasteiger charge is -2.57. The van der Waals surface area contributed by atoms with Gasteiger partial charge in [0.25, 0.3) is 0 Å². The van der Waals surface area contributed by atoms with Gasteiger partial charge in [-0.25, -0.2) is 0 Å². The minimum absolute atomic E-state index is 0.480. The van der Waals surface area contributed by atoms with Crippen LogP contribution in [0.1, 0.15) is 48.8 Å². The van der Waals surface area contributed by atoms with Gasteiger partial charge in [0.05, 0.1) is 0 Å². The molecule has 3 aliphatic rings. The molecule has 0 radical (unpaired) electrons. The van der Waals surface area contributed by atoms with E-state index in [2.05, 4.69) is 59.9 Å². The van der Waals surface area contributed by atoms with Crippen LogP contribution in [-0.4, -0.2) is 12.6 Å². The minimum atomic E-state index is 0.480. The average molecular weight is 332 g/mol. The SMILES string of the molecule is c1ccc(CCC2CC[C@]34CCN[C@H](Cc5ccccc53)[C@@H]4C2)cc1. The molecular weight excluding hydrogens is 302 g/mol. The number of aryl methyl sites for hydroxylation is 1. The Kier molecular flexibility index (Phi) is 3.93. The molecule has 1 nitrogen and oxygen atoms in total. The van der Waals surface area contributed by atoms with Crippen LogP contribution in [0.15, 0.2) is 54.6 Å². The van der Waals surface area contributed by atoms with Gasteiger partial charge in [-0.1, -0.05) is 54.6 Å². The van der Waals surface area contributed by atoms with E-state index in [4.69, 9.17) is 0 Å². The molecule has 2 aromatic carbocycles. The first-order chi connectivity index (χ1) is 12.4. The molecular formula is C24H29N. The summed E-state index contributed by atoms with van der Waals surface area (Å²) in [4.78, 5) is 0. The Hall–Kier alpha value is -1.60. The Morgan fingerprint density at radius 3 is 2.72 bits per heavy atom. The quantitative estimate of drug-likeness (QED) is 0.844. The van der Waals surface area contributed by atoms with Crippen molar-refractivity contribution in [2.24, 2.45) is 11.8 Å². The van der Waals surface area contributed by atoms with Crippen molar-refractivity contribution in [2.45, 2.75) is 56.4 Å². The molecule has 1 N–H and O–H groups in total. The van der Waals surface area contributed by atoms with Crippen LogP contribution >= 0.6 is 0 Å². The summed E-state index contributed by atoms with van der Waals surface area (Å²) in [5, 5.41) is 3.88. The molecule has 2 bridgehead atoms. The number of benzene rings is 2. The standard InChI is InChI=1S/C24H29N/c1-2-6-18(7-3-1)10-11-19-12-13-24-14-15-25-23(22(24)16-19)17-20-8-4-5-9-21(20)24/h1-9,19,22-23,25H,10-17H2/t19?,22-,23+,24-/m0/s1. The van der Waals surface area contributed by atoms with E-state index in [1.807, 2.05) is 0 Å². The van der Waals surface area contributed by atoms with Crippen LogP contribution in [0.5, 0.6) is 0 Å². The van der Waals surface area contributed by atoms with Gasteiger partial charge in [0.15, 0.2) is 0 Å². The van der Waals surface area contributed by atoms with E-state index >= 15 is 0 Å². The van der Waals surface area contributed by atoms with E-state index in [1.165, 1.54) is 57.1 Å². The van der Waals surface area contributed by atoms with Crippen molar-refractivity contribution in [3.63, 3.8) is 0 Å². The van der Waals surface area contributed by atoms with Gasteiger partial charge in [-0.2, -0.15) is 0 Å². The van der Waals surface area contributed by atoms with Gasteiger partial charge >= 0.3 is 0 Å². The third kappa shape index (κ3) is 2.64. The largest absolute Gasteiger partial charge is 0.313 e. The van der Waals surface area contributed by atoms with Gasteiger partial charge in [-0.3, -0.25) is 0 Å². The summed E-state index contributed by atoms with van der Waals surface area (Å²) in [6.07, 6.45) is 9.46. The van der Waals surface area contributed by atoms with Crippen molar-refractivity contribution in [3.05, 3.63) is 71.3 Å². The van der Waals surface area contributed by atoms with E-state index in [9.17, 15) is 0 Å². The van der Waals surface area contributed by atoms with Gasteiger partial charge in [-0.15, -0.1) is 0 Å². The van der Waals surface area contributed by atoms with Crippen LogP contribution in [-0.2, 0) is 18.3 Å². The molecule has 0 aromatic heterocycles. The molecule has 4 atom stereocenters. The zero-order valence-corrected chi connectivity index (χ0v) is 15.1. The predicted octanol–water partition coefficient (Wildman–Crippen LogP) is 4.89. The van der Waals surface area contributed by atoms with E-state index in [0.29, 0.717) is 11.5 Å². The van der Waals surface area contributed by atoms with Crippen molar-refractivity contribution in [1.29, 1.82) is 0 Å². The molecule has 2 aliphatic carbocycles. The Morgan fingerprint density at radius 1 is 0.960 bits per heavy atom. The number of hydrogen-bond acceptors (Lipinski definition) is 1. The first-order valence-electron chi connectivity index (χ1n) is 10.2. The Morgan fingerprint density at radius 2 is 1.80 bits per heavy atom. The molecule has 1 aliphatic heterocycles. The maximum atomic E-state index is 3.88. The lowest BCUT2D eigenvalue weighted by Crippen LogP contribution is -2.60. The number of piperidine rings is 1. The fourth-order valence-electron chi connectivity index (χ4n) is 6.21. The van der Waals surface area contributed by atoms with Crippen LogP contribution in [0.25, 0.3) is 0 Å². The number of nitrogens with one attached hydrogen (secondary N) is 1. The number of fused-ring (bicyclic) bond motifs is 1. The average Bonchev–Trinajstić information content (AvgIpc) is 2.67. The second kappa shape index (κ2) is 6.29. The molecule has 1 heterocycles. The fraction of sp³-hybridized carbons (Fsp3) is 0.500. The van der Waals surface area contributed by atoms with Crippen molar-refractivity contribution in [1.82, 2.24) is 5.32 Å². The van der Waals surface area contributed by atoms with Crippen LogP contribution in [0.4, 0.5) is 0 Å². The maximum Gasteiger partial charge on any atom is 0.0144 e. The van der Waals surface area contributed by atoms with Crippen LogP contribution in [0, 0.1) is 11.8 Å². The molecule has 1 unspecified atom stereocenters. The van der Waals surface area contributed by atoms with Crippen molar-refractivity contribution >= 4 is 0 Å². The summed E-state index contributed by atoms with van der Waals surface area (Å²) >= 11 is 0. The summed E-state index contributed by atoms with van der Waals surface area (Å²) in [7, 11) is 0. The highest BCUT2D eigenvalue weighted by atomic mass is 15.0. The van der Waals surface area contributed by atoms with Crippen LogP contribution in [0.2, 0.25) is 0 Å². The zero-order valence-electron chi connectivity index (χ0n) is 15.1. The van der Waals surface area contributed by atoms with Gasteiger partial charge in [0.2, 0.25) is 0 Å². The van der Waals surface area contributed by atoms with Gasteiger partial charge in [-0.05, 0) is 80.0 Å². The molecule has 1 heteroatoms. The summed E-state index contributed by atoms with van der Waals surface area (Å²) in [6, 6.07) is 21.1. The summed E-state index contributed by atoms with van der Waals surface area (Å²) < 4.78 is 0. The molecule has 130 valence electrons. The summed E-state index contributed by atoms with van der Waals surface area (Å²) in [5.41, 5.74) is 5.32. The van der Waals surface area contributed by atoms with E-state index in [-0.39, 0.29) is 0 Å². The van der Waals surface area contributed by atoms with Crippen molar-refractivity contribution in [3.8, 4) is 0 Å². The summed E-state index contributed by atoms with van der Waals surface area (Å²) in [5.74, 6) is 1.76. The highest BCUT2D eigenvalue weighted by molar-refractivity contribution is 5.41. The van der Waals surface area contributed by atoms with Gasteiger partial charge < -0.3 is 5.32 Å². The zero-order chi connectivity index (χ0) is 16.7. The third-order valence-corrected chi connectivity index (χ3v) is 7.44. The second-order valence-electron chi connectivity index (χ2n) is 8.60. The first-order valence-corrected chi connectivity index (χ1v) is 10.2. The van der Waals surface area contributed by atoms with Crippen LogP contribution < -0.4 is 5.32 Å². The number of rotatable bonds is 3. The highest BCUT2D eigenvalue weighted by Gasteiger charge is 2.52. The fourth-order valence-corrected chi connectivity index (χ4v) is 6.21. The second-order valence-corrected chi connectivity index (χ2v) is 8.60. The maximum absolute atomic E-state index is 3.88. The van der Waals surface area contributed by atoms with Crippen LogP contribution in [0.3, 0.4) is 0 Å². The van der Waals surface area contributed by atoms with E-state index in [0.717, 1.165) is 11.8 Å². The Labute approximate surface area is 151 Å². The first kappa shape index (κ1) is 15.6.